The summed E-state index contributed by atoms with van der Waals surface area (Å²) in [5.41, 5.74) is 2.68. The zero-order valence-corrected chi connectivity index (χ0v) is 11.2. The molecule has 1 saturated heterocycles. The number of allylic oxidation sites excluding steroid dienone is 1. The summed E-state index contributed by atoms with van der Waals surface area (Å²) in [5, 5.41) is 3.21. The summed E-state index contributed by atoms with van der Waals surface area (Å²) >= 11 is 0. The molecule has 0 unspecified atom stereocenters. The van der Waals surface area contributed by atoms with Crippen LogP contribution in [0.5, 0.6) is 0 Å². The second kappa shape index (κ2) is 5.94. The molecule has 100 valence electrons. The van der Waals surface area contributed by atoms with Gasteiger partial charge in [0, 0.05) is 25.3 Å². The summed E-state index contributed by atoms with van der Waals surface area (Å²) < 4.78 is 5.09. The number of carbonyl (C=O) groups is 1. The van der Waals surface area contributed by atoms with Crippen molar-refractivity contribution in [1.29, 1.82) is 0 Å². The van der Waals surface area contributed by atoms with Gasteiger partial charge in [0.25, 0.3) is 0 Å². The number of dihydropyridines is 1. The second-order valence-electron chi connectivity index (χ2n) is 4.89. The van der Waals surface area contributed by atoms with E-state index in [9.17, 15) is 4.79 Å². The Hall–Kier alpha value is -1.45. The van der Waals surface area contributed by atoms with Gasteiger partial charge < -0.3 is 15.0 Å². The molecular formula is C14H22N2O2. The standard InChI is InChI=1S/C14H22N2O2/c1-3-18-14(17)12-5-8-16(9-6-12)13-4-7-15-10-11(13)2/h4,7,12,15H,3,5-6,8-10H2,1-2H3. The third-order valence-corrected chi connectivity index (χ3v) is 3.62. The van der Waals surface area contributed by atoms with Crippen molar-refractivity contribution in [3.63, 3.8) is 0 Å². The molecule has 2 rings (SSSR count). The first-order chi connectivity index (χ1) is 8.72. The SMILES string of the molecule is CCOC(=O)C1CCN(C2=C(C)CNC=C2)CC1. The molecule has 0 spiro atoms. The molecule has 0 aromatic rings. The van der Waals surface area contributed by atoms with E-state index in [2.05, 4.69) is 23.2 Å². The molecule has 0 aromatic heterocycles. The molecule has 4 heteroatoms. The van der Waals surface area contributed by atoms with Crippen molar-refractivity contribution in [3.8, 4) is 0 Å². The predicted molar refractivity (Wildman–Crippen MR) is 70.8 cm³/mol. The van der Waals surface area contributed by atoms with Crippen LogP contribution in [0.1, 0.15) is 26.7 Å². The van der Waals surface area contributed by atoms with E-state index >= 15 is 0 Å². The molecule has 1 N–H and O–H groups in total. The van der Waals surface area contributed by atoms with Gasteiger partial charge in [-0.15, -0.1) is 0 Å². The average Bonchev–Trinajstić information content (AvgIpc) is 2.40. The Balaban J connectivity index is 1.90. The maximum atomic E-state index is 11.7. The van der Waals surface area contributed by atoms with E-state index in [1.165, 1.54) is 11.3 Å². The molecule has 18 heavy (non-hydrogen) atoms. The molecule has 0 radical (unpaired) electrons. The van der Waals surface area contributed by atoms with Gasteiger partial charge in [0.05, 0.1) is 12.5 Å². The van der Waals surface area contributed by atoms with Crippen molar-refractivity contribution in [2.24, 2.45) is 5.92 Å². The summed E-state index contributed by atoms with van der Waals surface area (Å²) in [6.07, 6.45) is 5.93. The van der Waals surface area contributed by atoms with Gasteiger partial charge in [0.2, 0.25) is 0 Å². The minimum atomic E-state index is -0.0243. The average molecular weight is 250 g/mol. The largest absolute Gasteiger partial charge is 0.466 e. The number of esters is 1. The fourth-order valence-electron chi connectivity index (χ4n) is 2.57. The van der Waals surface area contributed by atoms with Crippen LogP contribution in [0.4, 0.5) is 0 Å². The first-order valence-electron chi connectivity index (χ1n) is 6.73. The Bertz CT molecular complexity index is 366. The van der Waals surface area contributed by atoms with E-state index in [-0.39, 0.29) is 11.9 Å². The van der Waals surface area contributed by atoms with E-state index < -0.39 is 0 Å². The quantitative estimate of drug-likeness (QED) is 0.773. The highest BCUT2D eigenvalue weighted by Gasteiger charge is 2.27. The maximum absolute atomic E-state index is 11.7. The molecule has 2 aliphatic rings. The number of nitrogens with one attached hydrogen (secondary N) is 1. The molecular weight excluding hydrogens is 228 g/mol. The van der Waals surface area contributed by atoms with Crippen molar-refractivity contribution < 1.29 is 9.53 Å². The van der Waals surface area contributed by atoms with Crippen LogP contribution in [0, 0.1) is 5.92 Å². The Morgan fingerprint density at radius 3 is 2.83 bits per heavy atom. The number of rotatable bonds is 3. The molecule has 0 saturated carbocycles. The lowest BCUT2D eigenvalue weighted by Crippen LogP contribution is -2.37. The number of nitrogens with zero attached hydrogens (tertiary/aromatic N) is 1. The van der Waals surface area contributed by atoms with Crippen LogP contribution in [-0.4, -0.2) is 37.1 Å². The smallest absolute Gasteiger partial charge is 0.309 e. The number of hydrogen-bond acceptors (Lipinski definition) is 4. The molecule has 0 bridgehead atoms. The van der Waals surface area contributed by atoms with Crippen LogP contribution in [0.2, 0.25) is 0 Å². The minimum Gasteiger partial charge on any atom is -0.466 e. The van der Waals surface area contributed by atoms with Gasteiger partial charge >= 0.3 is 5.97 Å². The van der Waals surface area contributed by atoms with Gasteiger partial charge in [-0.05, 0) is 44.5 Å². The summed E-state index contributed by atoms with van der Waals surface area (Å²) in [6.45, 7) is 7.31. The van der Waals surface area contributed by atoms with Crippen molar-refractivity contribution in [3.05, 3.63) is 23.5 Å². The number of likely N-dealkylation sites (tertiary alicyclic amines) is 1. The summed E-state index contributed by atoms with van der Waals surface area (Å²) in [6, 6.07) is 0. The van der Waals surface area contributed by atoms with Crippen molar-refractivity contribution in [2.75, 3.05) is 26.2 Å². The van der Waals surface area contributed by atoms with Crippen LogP contribution in [-0.2, 0) is 9.53 Å². The van der Waals surface area contributed by atoms with E-state index in [1.54, 1.807) is 0 Å². The normalized spacial score (nSPS) is 20.9. The Labute approximate surface area is 109 Å². The monoisotopic (exact) mass is 250 g/mol. The van der Waals surface area contributed by atoms with Gasteiger partial charge in [-0.25, -0.2) is 0 Å². The molecule has 0 aliphatic carbocycles. The summed E-state index contributed by atoms with van der Waals surface area (Å²) in [7, 11) is 0. The number of ether oxygens (including phenoxy) is 1. The van der Waals surface area contributed by atoms with Crippen molar-refractivity contribution >= 4 is 5.97 Å². The van der Waals surface area contributed by atoms with Gasteiger partial charge in [0.15, 0.2) is 0 Å². The first kappa shape index (κ1) is 13.0. The van der Waals surface area contributed by atoms with Crippen LogP contribution in [0.3, 0.4) is 0 Å². The lowest BCUT2D eigenvalue weighted by Gasteiger charge is -2.35. The molecule has 2 aliphatic heterocycles. The molecule has 0 aromatic carbocycles. The molecule has 0 amide bonds. The molecule has 4 nitrogen and oxygen atoms in total. The van der Waals surface area contributed by atoms with Crippen LogP contribution >= 0.6 is 0 Å². The lowest BCUT2D eigenvalue weighted by atomic mass is 9.96. The molecule has 2 heterocycles. The number of hydrogen-bond donors (Lipinski definition) is 1. The highest BCUT2D eigenvalue weighted by atomic mass is 16.5. The Morgan fingerprint density at radius 2 is 2.22 bits per heavy atom. The van der Waals surface area contributed by atoms with E-state index in [1.807, 2.05) is 13.1 Å². The van der Waals surface area contributed by atoms with Crippen LogP contribution in [0.15, 0.2) is 23.5 Å². The topological polar surface area (TPSA) is 41.6 Å². The van der Waals surface area contributed by atoms with Gasteiger partial charge in [-0.3, -0.25) is 4.79 Å². The second-order valence-corrected chi connectivity index (χ2v) is 4.89. The predicted octanol–water partition coefficient (Wildman–Crippen LogP) is 1.65. The zero-order chi connectivity index (χ0) is 13.0. The van der Waals surface area contributed by atoms with Crippen molar-refractivity contribution in [2.45, 2.75) is 26.7 Å². The lowest BCUT2D eigenvalue weighted by molar-refractivity contribution is -0.149. The van der Waals surface area contributed by atoms with E-state index in [0.29, 0.717) is 6.61 Å². The van der Waals surface area contributed by atoms with Gasteiger partial charge in [-0.2, -0.15) is 0 Å². The highest BCUT2D eigenvalue weighted by Crippen LogP contribution is 2.24. The highest BCUT2D eigenvalue weighted by molar-refractivity contribution is 5.72. The van der Waals surface area contributed by atoms with Gasteiger partial charge in [0.1, 0.15) is 0 Å². The Morgan fingerprint density at radius 1 is 1.50 bits per heavy atom. The van der Waals surface area contributed by atoms with Crippen molar-refractivity contribution in [1.82, 2.24) is 10.2 Å². The summed E-state index contributed by atoms with van der Waals surface area (Å²) in [5.74, 6) is 0.0662. The first-order valence-corrected chi connectivity index (χ1v) is 6.73. The van der Waals surface area contributed by atoms with Crippen LogP contribution < -0.4 is 5.32 Å². The van der Waals surface area contributed by atoms with E-state index in [0.717, 1.165) is 32.5 Å². The molecule has 0 atom stereocenters. The summed E-state index contributed by atoms with van der Waals surface area (Å²) in [4.78, 5) is 14.0. The fraction of sp³-hybridized carbons (Fsp3) is 0.643. The fourth-order valence-corrected chi connectivity index (χ4v) is 2.57. The van der Waals surface area contributed by atoms with Gasteiger partial charge in [-0.1, -0.05) is 0 Å². The maximum Gasteiger partial charge on any atom is 0.309 e. The molecule has 1 fully saturated rings. The zero-order valence-electron chi connectivity index (χ0n) is 11.2. The Kier molecular flexibility index (Phi) is 4.28. The number of piperidine rings is 1. The van der Waals surface area contributed by atoms with Crippen LogP contribution in [0.25, 0.3) is 0 Å². The third-order valence-electron chi connectivity index (χ3n) is 3.62. The minimum absolute atomic E-state index is 0.0243. The number of carbonyl (C=O) groups excluding carboxylic acids is 1. The van der Waals surface area contributed by atoms with E-state index in [4.69, 9.17) is 4.74 Å². The third kappa shape index (κ3) is 2.86.